The standard InChI is InChI=1S/C12H22N2OS2/c1-14(2)12(16)17-9-11(15)13-10-7-5-3-4-6-8-10/h10H,3-9H2,1-2H3,(H,13,15). The van der Waals surface area contributed by atoms with Crippen LogP contribution in [0.4, 0.5) is 0 Å². The van der Waals surface area contributed by atoms with Gasteiger partial charge in [-0.05, 0) is 12.8 Å². The van der Waals surface area contributed by atoms with Gasteiger partial charge < -0.3 is 10.2 Å². The van der Waals surface area contributed by atoms with Crippen LogP contribution in [0.1, 0.15) is 38.5 Å². The van der Waals surface area contributed by atoms with Crippen LogP contribution < -0.4 is 5.32 Å². The van der Waals surface area contributed by atoms with Crippen molar-refractivity contribution < 1.29 is 4.79 Å². The number of carbonyl (C=O) groups is 1. The van der Waals surface area contributed by atoms with E-state index in [1.54, 1.807) is 0 Å². The van der Waals surface area contributed by atoms with E-state index >= 15 is 0 Å². The monoisotopic (exact) mass is 274 g/mol. The smallest absolute Gasteiger partial charge is 0.230 e. The summed E-state index contributed by atoms with van der Waals surface area (Å²) in [6, 6.07) is 0.388. The van der Waals surface area contributed by atoms with Gasteiger partial charge in [0.2, 0.25) is 5.91 Å². The molecule has 98 valence electrons. The Morgan fingerprint density at radius 3 is 2.41 bits per heavy atom. The average molecular weight is 274 g/mol. The second-order valence-electron chi connectivity index (χ2n) is 4.71. The first-order chi connectivity index (χ1) is 8.09. The molecule has 17 heavy (non-hydrogen) atoms. The SMILES string of the molecule is CN(C)C(=S)SCC(=O)NC1CCCCCC1. The van der Waals surface area contributed by atoms with Crippen LogP contribution in [0.3, 0.4) is 0 Å². The van der Waals surface area contributed by atoms with Gasteiger partial charge in [-0.25, -0.2) is 0 Å². The molecule has 5 heteroatoms. The van der Waals surface area contributed by atoms with Gasteiger partial charge in [0.25, 0.3) is 0 Å². The number of nitrogens with one attached hydrogen (secondary N) is 1. The number of rotatable bonds is 3. The van der Waals surface area contributed by atoms with Crippen molar-refractivity contribution in [3.63, 3.8) is 0 Å². The Labute approximate surface area is 114 Å². The van der Waals surface area contributed by atoms with Crippen molar-refractivity contribution in [3.8, 4) is 0 Å². The third-order valence-electron chi connectivity index (χ3n) is 2.91. The minimum Gasteiger partial charge on any atom is -0.364 e. The fraction of sp³-hybridized carbons (Fsp3) is 0.833. The van der Waals surface area contributed by atoms with E-state index < -0.39 is 0 Å². The summed E-state index contributed by atoms with van der Waals surface area (Å²) in [6.45, 7) is 0. The fourth-order valence-electron chi connectivity index (χ4n) is 1.95. The van der Waals surface area contributed by atoms with Gasteiger partial charge in [-0.3, -0.25) is 4.79 Å². The topological polar surface area (TPSA) is 32.3 Å². The van der Waals surface area contributed by atoms with Gasteiger partial charge in [-0.15, -0.1) is 0 Å². The summed E-state index contributed by atoms with van der Waals surface area (Å²) < 4.78 is 0.765. The van der Waals surface area contributed by atoms with E-state index in [1.807, 2.05) is 19.0 Å². The van der Waals surface area contributed by atoms with Gasteiger partial charge in [0, 0.05) is 20.1 Å². The van der Waals surface area contributed by atoms with E-state index in [1.165, 1.54) is 37.4 Å². The number of thiocarbonyl (C=S) groups is 1. The molecule has 0 aromatic rings. The van der Waals surface area contributed by atoms with Gasteiger partial charge in [0.05, 0.1) is 5.75 Å². The average Bonchev–Trinajstić information content (AvgIpc) is 2.54. The second kappa shape index (κ2) is 7.93. The summed E-state index contributed by atoms with van der Waals surface area (Å²) in [5.41, 5.74) is 0. The number of thioether (sulfide) groups is 1. The molecule has 0 atom stereocenters. The molecule has 0 bridgehead atoms. The Balaban J connectivity index is 2.21. The maximum atomic E-state index is 11.7. The number of hydrogen-bond donors (Lipinski definition) is 1. The zero-order chi connectivity index (χ0) is 12.7. The highest BCUT2D eigenvalue weighted by atomic mass is 32.2. The Morgan fingerprint density at radius 1 is 1.29 bits per heavy atom. The zero-order valence-corrected chi connectivity index (χ0v) is 12.3. The molecular weight excluding hydrogens is 252 g/mol. The Kier molecular flexibility index (Phi) is 6.89. The van der Waals surface area contributed by atoms with E-state index in [4.69, 9.17) is 12.2 Å². The molecule has 0 aromatic heterocycles. The lowest BCUT2D eigenvalue weighted by Gasteiger charge is -2.17. The summed E-state index contributed by atoms with van der Waals surface area (Å²) in [6.07, 6.45) is 7.38. The molecule has 0 spiro atoms. The third-order valence-corrected chi connectivity index (χ3v) is 4.65. The molecule has 0 aliphatic heterocycles. The number of nitrogens with zero attached hydrogens (tertiary/aromatic N) is 1. The predicted octanol–water partition coefficient (Wildman–Crippen LogP) is 2.41. The first-order valence-electron chi connectivity index (χ1n) is 6.23. The highest BCUT2D eigenvalue weighted by Crippen LogP contribution is 2.17. The Bertz CT molecular complexity index is 261. The highest BCUT2D eigenvalue weighted by Gasteiger charge is 2.15. The van der Waals surface area contributed by atoms with Gasteiger partial charge >= 0.3 is 0 Å². The van der Waals surface area contributed by atoms with Crippen molar-refractivity contribution in [2.45, 2.75) is 44.6 Å². The first kappa shape index (κ1) is 14.8. The highest BCUT2D eigenvalue weighted by molar-refractivity contribution is 8.23. The van der Waals surface area contributed by atoms with E-state index in [0.29, 0.717) is 11.8 Å². The minimum absolute atomic E-state index is 0.117. The zero-order valence-electron chi connectivity index (χ0n) is 10.7. The quantitative estimate of drug-likeness (QED) is 0.633. The van der Waals surface area contributed by atoms with E-state index in [-0.39, 0.29) is 5.91 Å². The molecule has 1 aliphatic carbocycles. The summed E-state index contributed by atoms with van der Waals surface area (Å²) in [4.78, 5) is 13.6. The number of hydrogen-bond acceptors (Lipinski definition) is 3. The Morgan fingerprint density at radius 2 is 1.88 bits per heavy atom. The van der Waals surface area contributed by atoms with Crippen LogP contribution in [0, 0.1) is 0 Å². The van der Waals surface area contributed by atoms with Gasteiger partial charge in [0.15, 0.2) is 0 Å². The fourth-order valence-corrected chi connectivity index (χ4v) is 2.72. The normalized spacial score (nSPS) is 17.3. The van der Waals surface area contributed by atoms with Crippen LogP contribution in [0.25, 0.3) is 0 Å². The van der Waals surface area contributed by atoms with Crippen molar-refractivity contribution >= 4 is 34.2 Å². The predicted molar refractivity (Wildman–Crippen MR) is 78.4 cm³/mol. The molecule has 0 aromatic carbocycles. The van der Waals surface area contributed by atoms with Gasteiger partial charge in [-0.1, -0.05) is 49.7 Å². The van der Waals surface area contributed by atoms with Crippen LogP contribution in [-0.4, -0.2) is 41.0 Å². The molecule has 1 fully saturated rings. The molecule has 1 N–H and O–H groups in total. The maximum Gasteiger partial charge on any atom is 0.230 e. The summed E-state index contributed by atoms with van der Waals surface area (Å²) >= 11 is 6.56. The van der Waals surface area contributed by atoms with E-state index in [9.17, 15) is 4.79 Å². The van der Waals surface area contributed by atoms with E-state index in [2.05, 4.69) is 5.32 Å². The molecule has 3 nitrogen and oxygen atoms in total. The molecule has 0 heterocycles. The Hall–Kier alpha value is -0.290. The number of amides is 1. The molecule has 0 unspecified atom stereocenters. The van der Waals surface area contributed by atoms with Crippen LogP contribution in [-0.2, 0) is 4.79 Å². The van der Waals surface area contributed by atoms with Crippen molar-refractivity contribution in [2.24, 2.45) is 0 Å². The summed E-state index contributed by atoms with van der Waals surface area (Å²) in [5.74, 6) is 0.555. The van der Waals surface area contributed by atoms with Crippen LogP contribution in [0.15, 0.2) is 0 Å². The van der Waals surface area contributed by atoms with Crippen LogP contribution >= 0.6 is 24.0 Å². The molecule has 1 rings (SSSR count). The minimum atomic E-state index is 0.117. The molecule has 0 saturated heterocycles. The lowest BCUT2D eigenvalue weighted by Crippen LogP contribution is -2.36. The van der Waals surface area contributed by atoms with Crippen molar-refractivity contribution in [2.75, 3.05) is 19.8 Å². The van der Waals surface area contributed by atoms with E-state index in [0.717, 1.165) is 17.2 Å². The number of carbonyl (C=O) groups excluding carboxylic acids is 1. The van der Waals surface area contributed by atoms with Gasteiger partial charge in [0.1, 0.15) is 4.32 Å². The molecule has 1 amide bonds. The molecule has 1 aliphatic rings. The second-order valence-corrected chi connectivity index (χ2v) is 6.31. The molecule has 0 radical (unpaired) electrons. The lowest BCUT2D eigenvalue weighted by molar-refractivity contribution is -0.119. The maximum absolute atomic E-state index is 11.7. The van der Waals surface area contributed by atoms with Crippen molar-refractivity contribution in [1.82, 2.24) is 10.2 Å². The molecular formula is C12H22N2OS2. The molecule has 1 saturated carbocycles. The van der Waals surface area contributed by atoms with Crippen LogP contribution in [0.5, 0.6) is 0 Å². The first-order valence-corrected chi connectivity index (χ1v) is 7.62. The lowest BCUT2D eigenvalue weighted by atomic mass is 10.1. The summed E-state index contributed by atoms with van der Waals surface area (Å²) in [5, 5.41) is 3.12. The summed E-state index contributed by atoms with van der Waals surface area (Å²) in [7, 11) is 3.80. The third kappa shape index (κ3) is 6.27. The van der Waals surface area contributed by atoms with Crippen LogP contribution in [0.2, 0.25) is 0 Å². The van der Waals surface area contributed by atoms with Crippen molar-refractivity contribution in [3.05, 3.63) is 0 Å². The van der Waals surface area contributed by atoms with Crippen molar-refractivity contribution in [1.29, 1.82) is 0 Å². The van der Waals surface area contributed by atoms with Gasteiger partial charge in [-0.2, -0.15) is 0 Å². The largest absolute Gasteiger partial charge is 0.364 e.